The van der Waals surface area contributed by atoms with Gasteiger partial charge in [0.15, 0.2) is 0 Å². The first-order valence-electron chi connectivity index (χ1n) is 5.87. The van der Waals surface area contributed by atoms with Crippen molar-refractivity contribution < 1.29 is 22.4 Å². The van der Waals surface area contributed by atoms with Crippen molar-refractivity contribution in [1.82, 2.24) is 5.32 Å². The van der Waals surface area contributed by atoms with Gasteiger partial charge in [-0.1, -0.05) is 30.3 Å². The Hall–Kier alpha value is -2.24. The number of carbonyl (C=O) groups is 1. The van der Waals surface area contributed by atoms with Crippen molar-refractivity contribution in [3.63, 3.8) is 0 Å². The predicted molar refractivity (Wildman–Crippen MR) is 66.1 cm³/mol. The first-order valence-corrected chi connectivity index (χ1v) is 5.87. The van der Waals surface area contributed by atoms with Gasteiger partial charge >= 0.3 is 6.18 Å². The fourth-order valence-corrected chi connectivity index (χ4v) is 1.77. The Morgan fingerprint density at radius 3 is 2.50 bits per heavy atom. The number of aryl methyl sites for hydroxylation is 1. The molecule has 1 N–H and O–H groups in total. The van der Waals surface area contributed by atoms with Crippen molar-refractivity contribution in [2.75, 3.05) is 0 Å². The number of hydrogen-bond donors (Lipinski definition) is 1. The van der Waals surface area contributed by atoms with Gasteiger partial charge in [0.2, 0.25) is 5.76 Å². The summed E-state index contributed by atoms with van der Waals surface area (Å²) in [5, 5.41) is 2.44. The summed E-state index contributed by atoms with van der Waals surface area (Å²) in [6.07, 6.45) is -4.69. The third-order valence-corrected chi connectivity index (χ3v) is 2.65. The molecular formula is C14H12F3NO2. The molecule has 0 bridgehead atoms. The van der Waals surface area contributed by atoms with Crippen LogP contribution in [-0.4, -0.2) is 5.91 Å². The minimum absolute atomic E-state index is 0.0437. The number of rotatable bonds is 3. The molecule has 0 saturated carbocycles. The first-order chi connectivity index (χ1) is 9.38. The number of hydrogen-bond acceptors (Lipinski definition) is 2. The first kappa shape index (κ1) is 14.2. The molecule has 2 rings (SSSR count). The van der Waals surface area contributed by atoms with E-state index in [9.17, 15) is 18.0 Å². The zero-order valence-electron chi connectivity index (χ0n) is 10.6. The molecule has 0 fully saturated rings. The van der Waals surface area contributed by atoms with Crippen molar-refractivity contribution in [3.05, 3.63) is 59.0 Å². The molecule has 0 aliphatic heterocycles. The highest BCUT2D eigenvalue weighted by Gasteiger charge is 2.39. The quantitative estimate of drug-likeness (QED) is 0.936. The Bertz CT molecular complexity index is 603. The summed E-state index contributed by atoms with van der Waals surface area (Å²) in [5.74, 6) is -2.03. The van der Waals surface area contributed by atoms with E-state index < -0.39 is 23.4 Å². The molecule has 0 saturated heterocycles. The number of furan rings is 1. The molecule has 0 aliphatic rings. The Kier molecular flexibility index (Phi) is 3.83. The third kappa shape index (κ3) is 3.20. The van der Waals surface area contributed by atoms with Gasteiger partial charge in [-0.25, -0.2) is 0 Å². The average Bonchev–Trinajstić information content (AvgIpc) is 2.79. The van der Waals surface area contributed by atoms with E-state index in [1.54, 1.807) is 24.3 Å². The van der Waals surface area contributed by atoms with Crippen LogP contribution in [0.4, 0.5) is 13.2 Å². The Balaban J connectivity index is 2.14. The number of halogens is 3. The summed E-state index contributed by atoms with van der Waals surface area (Å²) in [6.45, 7) is 1.52. The van der Waals surface area contributed by atoms with Gasteiger partial charge in [0.25, 0.3) is 5.91 Å². The topological polar surface area (TPSA) is 42.2 Å². The molecule has 0 radical (unpaired) electrons. The van der Waals surface area contributed by atoms with Gasteiger partial charge in [0.1, 0.15) is 5.76 Å². The van der Waals surface area contributed by atoms with Gasteiger partial charge in [-0.2, -0.15) is 13.2 Å². The van der Waals surface area contributed by atoms with Crippen LogP contribution < -0.4 is 5.32 Å². The molecule has 106 valence electrons. The van der Waals surface area contributed by atoms with Crippen LogP contribution in [0.1, 0.15) is 27.4 Å². The van der Waals surface area contributed by atoms with E-state index in [-0.39, 0.29) is 12.3 Å². The maximum absolute atomic E-state index is 12.7. The molecule has 0 unspecified atom stereocenters. The summed E-state index contributed by atoms with van der Waals surface area (Å²) >= 11 is 0. The Labute approximate surface area is 113 Å². The third-order valence-electron chi connectivity index (χ3n) is 2.65. The molecule has 0 atom stereocenters. The molecule has 6 heteroatoms. The van der Waals surface area contributed by atoms with Crippen molar-refractivity contribution in [3.8, 4) is 0 Å². The van der Waals surface area contributed by atoms with Crippen LogP contribution in [0.5, 0.6) is 0 Å². The monoisotopic (exact) mass is 283 g/mol. The van der Waals surface area contributed by atoms with E-state index in [4.69, 9.17) is 0 Å². The van der Waals surface area contributed by atoms with E-state index in [0.29, 0.717) is 0 Å². The van der Waals surface area contributed by atoms with Crippen molar-refractivity contribution in [1.29, 1.82) is 0 Å². The van der Waals surface area contributed by atoms with Gasteiger partial charge in [-0.15, -0.1) is 0 Å². The van der Waals surface area contributed by atoms with Crippen LogP contribution in [0, 0.1) is 6.92 Å². The summed E-state index contributed by atoms with van der Waals surface area (Å²) in [5.41, 5.74) is 0.306. The Morgan fingerprint density at radius 1 is 1.25 bits per heavy atom. The number of amides is 1. The molecule has 0 aliphatic carbocycles. The predicted octanol–water partition coefficient (Wildman–Crippen LogP) is 3.54. The average molecular weight is 283 g/mol. The highest BCUT2D eigenvalue weighted by molar-refractivity contribution is 5.95. The van der Waals surface area contributed by atoms with Crippen molar-refractivity contribution in [2.45, 2.75) is 19.6 Å². The summed E-state index contributed by atoms with van der Waals surface area (Å²) in [7, 11) is 0. The van der Waals surface area contributed by atoms with Gasteiger partial charge < -0.3 is 9.73 Å². The van der Waals surface area contributed by atoms with Gasteiger partial charge in [-0.05, 0) is 18.6 Å². The van der Waals surface area contributed by atoms with Crippen LogP contribution in [-0.2, 0) is 12.7 Å². The zero-order chi connectivity index (χ0) is 14.8. The number of alkyl halides is 3. The lowest BCUT2D eigenvalue weighted by molar-refractivity contribution is -0.153. The van der Waals surface area contributed by atoms with E-state index in [1.807, 2.05) is 6.07 Å². The minimum atomic E-state index is -4.69. The highest BCUT2D eigenvalue weighted by atomic mass is 19.4. The van der Waals surface area contributed by atoms with E-state index >= 15 is 0 Å². The standard InChI is InChI=1S/C14H12F3NO2/c1-9-7-11(12(20-9)14(15,16)17)13(19)18-8-10-5-3-2-4-6-10/h2-7H,8H2,1H3,(H,18,19). The van der Waals surface area contributed by atoms with Crippen molar-refractivity contribution >= 4 is 5.91 Å². The highest BCUT2D eigenvalue weighted by Crippen LogP contribution is 2.33. The second-order valence-corrected chi connectivity index (χ2v) is 4.27. The molecular weight excluding hydrogens is 271 g/mol. The fourth-order valence-electron chi connectivity index (χ4n) is 1.77. The maximum Gasteiger partial charge on any atom is 0.450 e. The lowest BCUT2D eigenvalue weighted by Crippen LogP contribution is -2.24. The van der Waals surface area contributed by atoms with Crippen LogP contribution in [0.15, 0.2) is 40.8 Å². The summed E-state index contributed by atoms with van der Waals surface area (Å²) < 4.78 is 42.7. The van der Waals surface area contributed by atoms with E-state index in [2.05, 4.69) is 9.73 Å². The fraction of sp³-hybridized carbons (Fsp3) is 0.214. The minimum Gasteiger partial charge on any atom is -0.456 e. The van der Waals surface area contributed by atoms with Crippen LogP contribution in [0.2, 0.25) is 0 Å². The largest absolute Gasteiger partial charge is 0.456 e. The van der Waals surface area contributed by atoms with Crippen LogP contribution >= 0.6 is 0 Å². The number of carbonyl (C=O) groups excluding carboxylic acids is 1. The normalized spacial score (nSPS) is 11.4. The smallest absolute Gasteiger partial charge is 0.450 e. The molecule has 0 spiro atoms. The molecule has 1 amide bonds. The molecule has 3 nitrogen and oxygen atoms in total. The Morgan fingerprint density at radius 2 is 1.90 bits per heavy atom. The summed E-state index contributed by atoms with van der Waals surface area (Å²) in [4.78, 5) is 11.8. The second kappa shape index (κ2) is 5.40. The molecule has 2 aromatic rings. The van der Waals surface area contributed by atoms with E-state index in [0.717, 1.165) is 11.6 Å². The van der Waals surface area contributed by atoms with E-state index in [1.165, 1.54) is 6.92 Å². The SMILES string of the molecule is Cc1cc(C(=O)NCc2ccccc2)c(C(F)(F)F)o1. The lowest BCUT2D eigenvalue weighted by atomic mass is 10.2. The lowest BCUT2D eigenvalue weighted by Gasteiger charge is -2.07. The van der Waals surface area contributed by atoms with Crippen LogP contribution in [0.25, 0.3) is 0 Å². The molecule has 1 aromatic carbocycles. The summed E-state index contributed by atoms with van der Waals surface area (Å²) in [6, 6.07) is 10.0. The van der Waals surface area contributed by atoms with Gasteiger partial charge in [-0.3, -0.25) is 4.79 Å². The zero-order valence-corrected chi connectivity index (χ0v) is 10.6. The molecule has 1 aromatic heterocycles. The maximum atomic E-state index is 12.7. The second-order valence-electron chi connectivity index (χ2n) is 4.27. The number of nitrogens with one attached hydrogen (secondary N) is 1. The van der Waals surface area contributed by atoms with Crippen molar-refractivity contribution in [2.24, 2.45) is 0 Å². The molecule has 1 heterocycles. The number of benzene rings is 1. The molecule has 20 heavy (non-hydrogen) atoms. The van der Waals surface area contributed by atoms with Gasteiger partial charge in [0, 0.05) is 6.54 Å². The van der Waals surface area contributed by atoms with Gasteiger partial charge in [0.05, 0.1) is 5.56 Å². The van der Waals surface area contributed by atoms with Crippen LogP contribution in [0.3, 0.4) is 0 Å².